The lowest BCUT2D eigenvalue weighted by atomic mass is 10.00. The number of hydrogen-bond acceptors (Lipinski definition) is 3. The maximum atomic E-state index is 10.7. The third-order valence-electron chi connectivity index (χ3n) is 3.45. The van der Waals surface area contributed by atoms with Crippen molar-refractivity contribution in [1.82, 2.24) is 4.90 Å². The molecule has 1 N–H and O–H groups in total. The summed E-state index contributed by atoms with van der Waals surface area (Å²) in [5, 5.41) is 8.79. The highest BCUT2D eigenvalue weighted by Gasteiger charge is 2.22. The highest BCUT2D eigenvalue weighted by atomic mass is 16.4. The number of hydrogen-bond donors (Lipinski definition) is 1. The molecule has 2 heterocycles. The van der Waals surface area contributed by atoms with Gasteiger partial charge < -0.3 is 9.52 Å². The van der Waals surface area contributed by atoms with Gasteiger partial charge in [0, 0.05) is 6.04 Å². The molecule has 1 fully saturated rings. The summed E-state index contributed by atoms with van der Waals surface area (Å²) in [5.41, 5.74) is 0. The predicted octanol–water partition coefficient (Wildman–Crippen LogP) is 2.74. The van der Waals surface area contributed by atoms with Crippen molar-refractivity contribution in [2.75, 3.05) is 6.54 Å². The van der Waals surface area contributed by atoms with Crippen molar-refractivity contribution >= 4 is 5.97 Å². The van der Waals surface area contributed by atoms with E-state index in [9.17, 15) is 4.79 Å². The number of furan rings is 1. The number of likely N-dealkylation sites (tertiary alicyclic amines) is 1. The molecular formula is C13H19NO3. The first-order valence-corrected chi connectivity index (χ1v) is 6.26. The summed E-state index contributed by atoms with van der Waals surface area (Å²) in [4.78, 5) is 13.1. The standard InChI is InChI=1S/C13H19NO3/c1-2-10-5-3-4-8-14(10)9-11-6-7-12(17-11)13(15)16/h6-7,10H,2-5,8-9H2,1H3,(H,15,16). The lowest BCUT2D eigenvalue weighted by molar-refractivity contribution is 0.0654. The zero-order chi connectivity index (χ0) is 12.3. The van der Waals surface area contributed by atoms with Gasteiger partial charge in [0.15, 0.2) is 0 Å². The van der Waals surface area contributed by atoms with Crippen LogP contribution < -0.4 is 0 Å². The van der Waals surface area contributed by atoms with E-state index in [1.165, 1.54) is 25.3 Å². The fourth-order valence-electron chi connectivity index (χ4n) is 2.51. The number of aromatic carboxylic acids is 1. The molecule has 94 valence electrons. The van der Waals surface area contributed by atoms with Crippen molar-refractivity contribution in [3.05, 3.63) is 23.7 Å². The molecule has 1 unspecified atom stereocenters. The van der Waals surface area contributed by atoms with Crippen LogP contribution in [0.4, 0.5) is 0 Å². The van der Waals surface area contributed by atoms with E-state index in [1.807, 2.05) is 0 Å². The second-order valence-electron chi connectivity index (χ2n) is 4.60. The number of piperidine rings is 1. The molecule has 0 aliphatic carbocycles. The van der Waals surface area contributed by atoms with Gasteiger partial charge in [0.05, 0.1) is 6.54 Å². The van der Waals surface area contributed by atoms with Gasteiger partial charge in [-0.1, -0.05) is 13.3 Å². The minimum absolute atomic E-state index is 0.0325. The SMILES string of the molecule is CCC1CCCCN1Cc1ccc(C(=O)O)o1. The minimum atomic E-state index is -0.998. The van der Waals surface area contributed by atoms with Gasteiger partial charge in [-0.15, -0.1) is 0 Å². The lowest BCUT2D eigenvalue weighted by Gasteiger charge is -2.34. The van der Waals surface area contributed by atoms with Crippen molar-refractivity contribution < 1.29 is 14.3 Å². The van der Waals surface area contributed by atoms with E-state index in [1.54, 1.807) is 6.07 Å². The topological polar surface area (TPSA) is 53.7 Å². The van der Waals surface area contributed by atoms with Gasteiger partial charge >= 0.3 is 5.97 Å². The molecule has 1 atom stereocenters. The molecule has 17 heavy (non-hydrogen) atoms. The van der Waals surface area contributed by atoms with Crippen molar-refractivity contribution in [1.29, 1.82) is 0 Å². The van der Waals surface area contributed by atoms with Gasteiger partial charge in [-0.05, 0) is 37.9 Å². The molecular weight excluding hydrogens is 218 g/mol. The minimum Gasteiger partial charge on any atom is -0.475 e. The van der Waals surface area contributed by atoms with Crippen LogP contribution in [-0.2, 0) is 6.54 Å². The highest BCUT2D eigenvalue weighted by Crippen LogP contribution is 2.22. The Morgan fingerprint density at radius 1 is 1.53 bits per heavy atom. The zero-order valence-corrected chi connectivity index (χ0v) is 10.2. The van der Waals surface area contributed by atoms with E-state index in [4.69, 9.17) is 9.52 Å². The van der Waals surface area contributed by atoms with Crippen LogP contribution in [0.15, 0.2) is 16.5 Å². The summed E-state index contributed by atoms with van der Waals surface area (Å²) >= 11 is 0. The summed E-state index contributed by atoms with van der Waals surface area (Å²) in [6.45, 7) is 4.02. The van der Waals surface area contributed by atoms with E-state index in [-0.39, 0.29) is 5.76 Å². The van der Waals surface area contributed by atoms with E-state index in [0.29, 0.717) is 6.04 Å². The maximum Gasteiger partial charge on any atom is 0.371 e. The van der Waals surface area contributed by atoms with E-state index < -0.39 is 5.97 Å². The Morgan fingerprint density at radius 3 is 3.00 bits per heavy atom. The smallest absolute Gasteiger partial charge is 0.371 e. The second kappa shape index (κ2) is 5.36. The van der Waals surface area contributed by atoms with Gasteiger partial charge in [-0.2, -0.15) is 0 Å². The van der Waals surface area contributed by atoms with E-state index >= 15 is 0 Å². The molecule has 1 saturated heterocycles. The molecule has 4 nitrogen and oxygen atoms in total. The van der Waals surface area contributed by atoms with Crippen molar-refractivity contribution in [3.8, 4) is 0 Å². The molecule has 0 amide bonds. The van der Waals surface area contributed by atoms with Crippen LogP contribution in [0, 0.1) is 0 Å². The number of carbonyl (C=O) groups is 1. The molecule has 0 saturated carbocycles. The van der Waals surface area contributed by atoms with Crippen molar-refractivity contribution in [2.24, 2.45) is 0 Å². The van der Waals surface area contributed by atoms with E-state index in [0.717, 1.165) is 25.3 Å². The van der Waals surface area contributed by atoms with Gasteiger partial charge in [-0.25, -0.2) is 4.79 Å². The number of nitrogens with zero attached hydrogens (tertiary/aromatic N) is 1. The lowest BCUT2D eigenvalue weighted by Crippen LogP contribution is -2.38. The van der Waals surface area contributed by atoms with Crippen LogP contribution in [0.1, 0.15) is 48.9 Å². The number of rotatable bonds is 4. The molecule has 2 rings (SSSR count). The van der Waals surface area contributed by atoms with Crippen molar-refractivity contribution in [3.63, 3.8) is 0 Å². The summed E-state index contributed by atoms with van der Waals surface area (Å²) in [6, 6.07) is 3.91. The Bertz CT molecular complexity index is 386. The average Bonchev–Trinajstić information content (AvgIpc) is 2.78. The fraction of sp³-hybridized carbons (Fsp3) is 0.615. The van der Waals surface area contributed by atoms with Crippen LogP contribution >= 0.6 is 0 Å². The van der Waals surface area contributed by atoms with Gasteiger partial charge in [-0.3, -0.25) is 4.90 Å². The Labute approximate surface area is 101 Å². The molecule has 1 aromatic rings. The first kappa shape index (κ1) is 12.2. The Balaban J connectivity index is 2.00. The average molecular weight is 237 g/mol. The summed E-state index contributed by atoms with van der Waals surface area (Å²) in [7, 11) is 0. The molecule has 1 aromatic heterocycles. The highest BCUT2D eigenvalue weighted by molar-refractivity contribution is 5.84. The molecule has 0 bridgehead atoms. The number of carboxylic acid groups (broad SMARTS) is 1. The molecule has 1 aliphatic heterocycles. The Kier molecular flexibility index (Phi) is 3.84. The van der Waals surface area contributed by atoms with Crippen LogP contribution in [-0.4, -0.2) is 28.6 Å². The Morgan fingerprint density at radius 2 is 2.35 bits per heavy atom. The maximum absolute atomic E-state index is 10.7. The van der Waals surface area contributed by atoms with Gasteiger partial charge in [0.25, 0.3) is 0 Å². The number of carboxylic acids is 1. The molecule has 0 aromatic carbocycles. The zero-order valence-electron chi connectivity index (χ0n) is 10.2. The summed E-state index contributed by atoms with van der Waals surface area (Å²) in [6.07, 6.45) is 4.91. The molecule has 4 heteroatoms. The molecule has 1 aliphatic rings. The van der Waals surface area contributed by atoms with Crippen LogP contribution in [0.5, 0.6) is 0 Å². The third-order valence-corrected chi connectivity index (χ3v) is 3.45. The second-order valence-corrected chi connectivity index (χ2v) is 4.60. The first-order valence-electron chi connectivity index (χ1n) is 6.26. The molecule has 0 radical (unpaired) electrons. The molecule has 0 spiro atoms. The largest absolute Gasteiger partial charge is 0.475 e. The fourth-order valence-corrected chi connectivity index (χ4v) is 2.51. The van der Waals surface area contributed by atoms with Crippen molar-refractivity contribution in [2.45, 2.75) is 45.2 Å². The third kappa shape index (κ3) is 2.88. The first-order chi connectivity index (χ1) is 8.20. The van der Waals surface area contributed by atoms with E-state index in [2.05, 4.69) is 11.8 Å². The van der Waals surface area contributed by atoms with Crippen LogP contribution in [0.2, 0.25) is 0 Å². The predicted molar refractivity (Wildman–Crippen MR) is 64.0 cm³/mol. The monoisotopic (exact) mass is 237 g/mol. The summed E-state index contributed by atoms with van der Waals surface area (Å²) < 4.78 is 5.30. The Hall–Kier alpha value is -1.29. The van der Waals surface area contributed by atoms with Crippen LogP contribution in [0.25, 0.3) is 0 Å². The summed E-state index contributed by atoms with van der Waals surface area (Å²) in [5.74, 6) is -0.213. The van der Waals surface area contributed by atoms with Gasteiger partial charge in [0.2, 0.25) is 5.76 Å². The van der Waals surface area contributed by atoms with Gasteiger partial charge in [0.1, 0.15) is 5.76 Å². The normalized spacial score (nSPS) is 21.6. The quantitative estimate of drug-likeness (QED) is 0.874. The van der Waals surface area contributed by atoms with Crippen LogP contribution in [0.3, 0.4) is 0 Å².